The Kier molecular flexibility index (Phi) is 6.92. The zero-order valence-electron chi connectivity index (χ0n) is 18.6. The second kappa shape index (κ2) is 9.64. The number of amides is 4. The minimum Gasteiger partial charge on any atom is -0.497 e. The molecule has 0 saturated carbocycles. The Balaban J connectivity index is 1.88. The molecule has 2 unspecified atom stereocenters. The average molecular weight is 437 g/mol. The lowest BCUT2D eigenvalue weighted by molar-refractivity contribution is -0.123. The van der Waals surface area contributed by atoms with Crippen LogP contribution in [0.15, 0.2) is 48.5 Å². The highest BCUT2D eigenvalue weighted by Crippen LogP contribution is 2.29. The van der Waals surface area contributed by atoms with Crippen LogP contribution in [0.4, 0.5) is 11.4 Å². The zero-order valence-corrected chi connectivity index (χ0v) is 18.6. The van der Waals surface area contributed by atoms with E-state index in [1.807, 2.05) is 13.8 Å². The van der Waals surface area contributed by atoms with Crippen molar-refractivity contribution in [2.45, 2.75) is 45.7 Å². The van der Waals surface area contributed by atoms with Crippen molar-refractivity contribution in [3.8, 4) is 5.75 Å². The van der Waals surface area contributed by atoms with Crippen LogP contribution in [0, 0.1) is 0 Å². The van der Waals surface area contributed by atoms with Gasteiger partial charge in [0, 0.05) is 24.2 Å². The van der Waals surface area contributed by atoms with Crippen LogP contribution in [0.2, 0.25) is 0 Å². The number of ether oxygens (including phenoxy) is 1. The molecule has 1 saturated heterocycles. The van der Waals surface area contributed by atoms with Crippen molar-refractivity contribution in [3.05, 3.63) is 54.1 Å². The molecule has 0 bridgehead atoms. The molecule has 2 aromatic rings. The Labute approximate surface area is 187 Å². The van der Waals surface area contributed by atoms with Crippen molar-refractivity contribution >= 4 is 35.0 Å². The summed E-state index contributed by atoms with van der Waals surface area (Å²) >= 11 is 0. The largest absolute Gasteiger partial charge is 0.497 e. The predicted molar refractivity (Wildman–Crippen MR) is 121 cm³/mol. The number of nitrogens with one attached hydrogen (secondary N) is 1. The molecule has 1 heterocycles. The fourth-order valence-electron chi connectivity index (χ4n) is 3.73. The Bertz CT molecular complexity index is 1020. The topological polar surface area (TPSA) is 96.0 Å². The van der Waals surface area contributed by atoms with Gasteiger partial charge in [-0.05, 0) is 61.9 Å². The molecule has 0 aromatic heterocycles. The molecule has 0 spiro atoms. The molecule has 0 aliphatic carbocycles. The van der Waals surface area contributed by atoms with Gasteiger partial charge in [-0.15, -0.1) is 0 Å². The number of imide groups is 1. The Hall–Kier alpha value is -3.68. The van der Waals surface area contributed by atoms with Gasteiger partial charge in [-0.3, -0.25) is 19.2 Å². The zero-order chi connectivity index (χ0) is 23.4. The van der Waals surface area contributed by atoms with Crippen LogP contribution >= 0.6 is 0 Å². The van der Waals surface area contributed by atoms with E-state index >= 15 is 0 Å². The van der Waals surface area contributed by atoms with Crippen LogP contribution < -0.4 is 15.0 Å². The van der Waals surface area contributed by atoms with Gasteiger partial charge in [0.25, 0.3) is 11.8 Å². The molecule has 2 atom stereocenters. The van der Waals surface area contributed by atoms with E-state index in [0.717, 1.165) is 4.90 Å². The van der Waals surface area contributed by atoms with Crippen LogP contribution in [0.25, 0.3) is 0 Å². The van der Waals surface area contributed by atoms with Crippen molar-refractivity contribution in [2.75, 3.05) is 17.3 Å². The van der Waals surface area contributed by atoms with E-state index in [9.17, 15) is 19.2 Å². The van der Waals surface area contributed by atoms with Gasteiger partial charge >= 0.3 is 0 Å². The number of methoxy groups -OCH3 is 1. The fraction of sp³-hybridized carbons (Fsp3) is 0.333. The quantitative estimate of drug-likeness (QED) is 0.671. The first-order valence-corrected chi connectivity index (χ1v) is 10.5. The first kappa shape index (κ1) is 23.0. The Morgan fingerprint density at radius 1 is 1.12 bits per heavy atom. The summed E-state index contributed by atoms with van der Waals surface area (Å²) in [6.07, 6.45) is 0.545. The van der Waals surface area contributed by atoms with Gasteiger partial charge < -0.3 is 15.0 Å². The molecule has 32 heavy (non-hydrogen) atoms. The summed E-state index contributed by atoms with van der Waals surface area (Å²) in [5, 5.41) is 2.65. The predicted octanol–water partition coefficient (Wildman–Crippen LogP) is 3.23. The molecular weight excluding hydrogens is 410 g/mol. The van der Waals surface area contributed by atoms with Crippen LogP contribution in [0.1, 0.15) is 44.0 Å². The van der Waals surface area contributed by atoms with Crippen LogP contribution in [0.3, 0.4) is 0 Å². The summed E-state index contributed by atoms with van der Waals surface area (Å²) in [6, 6.07) is 12.0. The molecule has 8 heteroatoms. The molecule has 1 aliphatic rings. The lowest BCUT2D eigenvalue weighted by Crippen LogP contribution is -2.49. The van der Waals surface area contributed by atoms with Gasteiger partial charge in [0.1, 0.15) is 11.8 Å². The van der Waals surface area contributed by atoms with Crippen molar-refractivity contribution < 1.29 is 23.9 Å². The van der Waals surface area contributed by atoms with Gasteiger partial charge in [-0.1, -0.05) is 6.92 Å². The van der Waals surface area contributed by atoms with Crippen LogP contribution in [-0.2, 0) is 14.4 Å². The maximum atomic E-state index is 13.3. The third-order valence-electron chi connectivity index (χ3n) is 5.54. The number of hydrogen-bond acceptors (Lipinski definition) is 5. The van der Waals surface area contributed by atoms with Crippen molar-refractivity contribution in [3.63, 3.8) is 0 Å². The second-order valence-corrected chi connectivity index (χ2v) is 7.71. The molecule has 4 amide bonds. The highest BCUT2D eigenvalue weighted by molar-refractivity contribution is 6.23. The number of nitrogens with zero attached hydrogens (tertiary/aromatic N) is 2. The molecule has 0 radical (unpaired) electrons. The Morgan fingerprint density at radius 2 is 1.75 bits per heavy atom. The average Bonchev–Trinajstić information content (AvgIpc) is 3.07. The lowest BCUT2D eigenvalue weighted by atomic mass is 10.1. The number of hydrogen-bond donors (Lipinski definition) is 1. The molecule has 1 fully saturated rings. The van der Waals surface area contributed by atoms with E-state index in [4.69, 9.17) is 4.74 Å². The van der Waals surface area contributed by atoms with Crippen molar-refractivity contribution in [2.24, 2.45) is 0 Å². The van der Waals surface area contributed by atoms with Gasteiger partial charge in [-0.25, -0.2) is 4.90 Å². The smallest absolute Gasteiger partial charge is 0.257 e. The van der Waals surface area contributed by atoms with Crippen LogP contribution in [0.5, 0.6) is 5.75 Å². The van der Waals surface area contributed by atoms with Crippen molar-refractivity contribution in [1.29, 1.82) is 0 Å². The number of carbonyl (C=O) groups is 4. The van der Waals surface area contributed by atoms with Gasteiger partial charge in [0.15, 0.2) is 0 Å². The molecule has 3 rings (SSSR count). The highest BCUT2D eigenvalue weighted by Gasteiger charge is 2.45. The number of carbonyl (C=O) groups excluding carboxylic acids is 4. The highest BCUT2D eigenvalue weighted by atomic mass is 16.5. The lowest BCUT2D eigenvalue weighted by Gasteiger charge is -2.33. The summed E-state index contributed by atoms with van der Waals surface area (Å²) in [6.45, 7) is 5.19. The number of anilines is 2. The van der Waals surface area contributed by atoms with E-state index in [2.05, 4.69) is 5.32 Å². The van der Waals surface area contributed by atoms with E-state index in [1.165, 1.54) is 11.8 Å². The minimum atomic E-state index is -0.887. The molecule has 1 aliphatic heterocycles. The molecule has 1 N–H and O–H groups in total. The molecular formula is C24H27N3O5. The van der Waals surface area contributed by atoms with E-state index < -0.39 is 11.9 Å². The van der Waals surface area contributed by atoms with Gasteiger partial charge in [0.2, 0.25) is 11.8 Å². The van der Waals surface area contributed by atoms with Gasteiger partial charge in [0.05, 0.1) is 19.2 Å². The van der Waals surface area contributed by atoms with E-state index in [1.54, 1.807) is 55.6 Å². The van der Waals surface area contributed by atoms with Gasteiger partial charge in [-0.2, -0.15) is 0 Å². The first-order chi connectivity index (χ1) is 15.3. The number of rotatable bonds is 7. The monoisotopic (exact) mass is 437 g/mol. The van der Waals surface area contributed by atoms with E-state index in [0.29, 0.717) is 29.1 Å². The van der Waals surface area contributed by atoms with Crippen LogP contribution in [-0.4, -0.2) is 47.7 Å². The fourth-order valence-corrected chi connectivity index (χ4v) is 3.73. The Morgan fingerprint density at radius 3 is 2.28 bits per heavy atom. The first-order valence-electron chi connectivity index (χ1n) is 10.5. The summed E-state index contributed by atoms with van der Waals surface area (Å²) in [5.74, 6) is -0.714. The molecule has 168 valence electrons. The summed E-state index contributed by atoms with van der Waals surface area (Å²) in [4.78, 5) is 53.3. The third kappa shape index (κ3) is 4.64. The summed E-state index contributed by atoms with van der Waals surface area (Å²) < 4.78 is 5.15. The summed E-state index contributed by atoms with van der Waals surface area (Å²) in [7, 11) is 1.54. The van der Waals surface area contributed by atoms with E-state index in [-0.39, 0.29) is 30.2 Å². The third-order valence-corrected chi connectivity index (χ3v) is 5.54. The second-order valence-electron chi connectivity index (χ2n) is 7.71. The maximum absolute atomic E-state index is 13.3. The van der Waals surface area contributed by atoms with Crippen molar-refractivity contribution in [1.82, 2.24) is 4.90 Å². The number of benzene rings is 2. The normalized spacial score (nSPS) is 16.6. The molecule has 8 nitrogen and oxygen atoms in total. The molecule has 2 aromatic carbocycles. The maximum Gasteiger partial charge on any atom is 0.257 e. The minimum absolute atomic E-state index is 0.0848. The standard InChI is InChI=1S/C24H27N3O5/c1-5-15(2)26(23(30)17-6-12-20(32-4)13-7-17)21-14-22(29)27(24(21)31)19-10-8-18(9-11-19)25-16(3)28/h6-13,15,21H,5,14H2,1-4H3,(H,25,28). The SMILES string of the molecule is CCC(C)N(C(=O)c1ccc(OC)cc1)C1CC(=O)N(c2ccc(NC(C)=O)cc2)C1=O. The summed E-state index contributed by atoms with van der Waals surface area (Å²) in [5.41, 5.74) is 1.38.